The highest BCUT2D eigenvalue weighted by molar-refractivity contribution is 5.79. The van der Waals surface area contributed by atoms with Crippen LogP contribution >= 0.6 is 0 Å². The molecule has 0 atom stereocenters. The lowest BCUT2D eigenvalue weighted by Gasteiger charge is -2.25. The van der Waals surface area contributed by atoms with Gasteiger partial charge in [-0.1, -0.05) is 12.1 Å². The maximum Gasteiger partial charge on any atom is 0.150 e. The summed E-state index contributed by atoms with van der Waals surface area (Å²) >= 11 is 0. The van der Waals surface area contributed by atoms with Gasteiger partial charge in [-0.05, 0) is 49.2 Å². The van der Waals surface area contributed by atoms with E-state index in [0.29, 0.717) is 5.69 Å². The molecule has 0 heterocycles. The van der Waals surface area contributed by atoms with Crippen LogP contribution in [0.5, 0.6) is 0 Å². The van der Waals surface area contributed by atoms with Crippen molar-refractivity contribution in [2.75, 3.05) is 42.4 Å². The molecular formula is C18H25FN4. The number of hydrogen-bond acceptors (Lipinski definition) is 4. The molecule has 0 spiro atoms. The molecule has 0 aliphatic carbocycles. The number of hydrazine groups is 1. The number of nitrogen functional groups attached to an aromatic ring is 1. The van der Waals surface area contributed by atoms with Gasteiger partial charge in [-0.3, -0.25) is 5.84 Å². The highest BCUT2D eigenvalue weighted by Crippen LogP contribution is 2.34. The van der Waals surface area contributed by atoms with Gasteiger partial charge in [0.2, 0.25) is 0 Å². The fourth-order valence-corrected chi connectivity index (χ4v) is 2.67. The van der Waals surface area contributed by atoms with E-state index in [4.69, 9.17) is 5.84 Å². The summed E-state index contributed by atoms with van der Waals surface area (Å²) in [5.74, 6) is 5.17. The van der Waals surface area contributed by atoms with E-state index in [1.165, 1.54) is 6.07 Å². The molecule has 2 rings (SSSR count). The molecule has 0 aliphatic heterocycles. The van der Waals surface area contributed by atoms with Crippen LogP contribution in [0.3, 0.4) is 0 Å². The Morgan fingerprint density at radius 1 is 1.00 bits per heavy atom. The van der Waals surface area contributed by atoms with Crippen LogP contribution in [-0.4, -0.2) is 27.2 Å². The predicted octanol–water partition coefficient (Wildman–Crippen LogP) is 3.69. The maximum absolute atomic E-state index is 14.5. The zero-order valence-electron chi connectivity index (χ0n) is 14.2. The van der Waals surface area contributed by atoms with Gasteiger partial charge in [-0.15, -0.1) is 0 Å². The van der Waals surface area contributed by atoms with Crippen LogP contribution in [0.25, 0.3) is 11.1 Å². The summed E-state index contributed by atoms with van der Waals surface area (Å²) in [6, 6.07) is 11.6. The van der Waals surface area contributed by atoms with Gasteiger partial charge in [0.1, 0.15) is 11.5 Å². The number of nitrogens with zero attached hydrogens (tertiary/aromatic N) is 2. The molecule has 0 aliphatic rings. The smallest absolute Gasteiger partial charge is 0.150 e. The minimum atomic E-state index is -0.344. The van der Waals surface area contributed by atoms with E-state index in [0.717, 1.165) is 35.6 Å². The second kappa shape index (κ2) is 7.33. The molecule has 0 unspecified atom stereocenters. The third-order valence-corrected chi connectivity index (χ3v) is 4.03. The molecule has 124 valence electrons. The van der Waals surface area contributed by atoms with Crippen molar-refractivity contribution in [2.45, 2.75) is 13.8 Å². The molecule has 0 saturated carbocycles. The fraction of sp³-hybridized carbons (Fsp3) is 0.333. The largest absolute Gasteiger partial charge is 0.378 e. The summed E-state index contributed by atoms with van der Waals surface area (Å²) in [7, 11) is 3.99. The van der Waals surface area contributed by atoms with Gasteiger partial charge in [-0.25, -0.2) is 4.39 Å². The van der Waals surface area contributed by atoms with Crippen LogP contribution in [0.2, 0.25) is 0 Å². The molecule has 0 aromatic heterocycles. The molecule has 0 amide bonds. The monoisotopic (exact) mass is 316 g/mol. The molecule has 2 aromatic rings. The van der Waals surface area contributed by atoms with Crippen molar-refractivity contribution in [2.24, 2.45) is 5.84 Å². The lowest BCUT2D eigenvalue weighted by atomic mass is 10.0. The third-order valence-electron chi connectivity index (χ3n) is 4.03. The minimum absolute atomic E-state index is 0.336. The molecule has 0 bridgehead atoms. The maximum atomic E-state index is 14.5. The van der Waals surface area contributed by atoms with Crippen molar-refractivity contribution >= 4 is 17.1 Å². The van der Waals surface area contributed by atoms with Crippen LogP contribution in [0, 0.1) is 5.82 Å². The summed E-state index contributed by atoms with van der Waals surface area (Å²) in [5.41, 5.74) is 6.54. The van der Waals surface area contributed by atoms with Crippen LogP contribution in [0.1, 0.15) is 13.8 Å². The van der Waals surface area contributed by atoms with Crippen molar-refractivity contribution in [3.63, 3.8) is 0 Å². The Bertz CT molecular complexity index is 649. The Kier molecular flexibility index (Phi) is 5.45. The number of hydrogen-bond donors (Lipinski definition) is 2. The van der Waals surface area contributed by atoms with Crippen molar-refractivity contribution in [3.8, 4) is 11.1 Å². The van der Waals surface area contributed by atoms with Gasteiger partial charge in [-0.2, -0.15) is 0 Å². The first kappa shape index (κ1) is 17.1. The van der Waals surface area contributed by atoms with Crippen LogP contribution in [0.4, 0.5) is 21.5 Å². The molecule has 4 nitrogen and oxygen atoms in total. The number of benzene rings is 2. The number of rotatable bonds is 6. The number of anilines is 3. The number of halogens is 1. The zero-order valence-corrected chi connectivity index (χ0v) is 14.2. The van der Waals surface area contributed by atoms with Gasteiger partial charge in [0.05, 0.1) is 5.69 Å². The highest BCUT2D eigenvalue weighted by atomic mass is 19.1. The summed E-state index contributed by atoms with van der Waals surface area (Å²) in [6.45, 7) is 5.65. The van der Waals surface area contributed by atoms with Gasteiger partial charge in [0.25, 0.3) is 0 Å². The SMILES string of the molecule is CCN(CC)c1cc(-c2ccc(N(C)C)cc2)cc(F)c1NN. The van der Waals surface area contributed by atoms with E-state index in [1.54, 1.807) is 0 Å². The van der Waals surface area contributed by atoms with Crippen molar-refractivity contribution in [1.82, 2.24) is 0 Å². The fourth-order valence-electron chi connectivity index (χ4n) is 2.67. The summed E-state index contributed by atoms with van der Waals surface area (Å²) in [4.78, 5) is 4.11. The normalized spacial score (nSPS) is 10.5. The third kappa shape index (κ3) is 3.56. The number of nitrogens with two attached hydrogens (primary N) is 1. The first-order valence-corrected chi connectivity index (χ1v) is 7.84. The highest BCUT2D eigenvalue weighted by Gasteiger charge is 2.15. The Morgan fingerprint density at radius 2 is 1.61 bits per heavy atom. The van der Waals surface area contributed by atoms with Gasteiger partial charge < -0.3 is 15.2 Å². The quantitative estimate of drug-likeness (QED) is 0.630. The molecule has 0 radical (unpaired) electrons. The van der Waals surface area contributed by atoms with Gasteiger partial charge >= 0.3 is 0 Å². The molecule has 3 N–H and O–H groups in total. The Hall–Kier alpha value is -2.27. The van der Waals surface area contributed by atoms with Crippen LogP contribution < -0.4 is 21.1 Å². The van der Waals surface area contributed by atoms with Crippen LogP contribution in [0.15, 0.2) is 36.4 Å². The molecule has 0 fully saturated rings. The topological polar surface area (TPSA) is 44.5 Å². The zero-order chi connectivity index (χ0) is 17.0. The molecule has 0 saturated heterocycles. The summed E-state index contributed by atoms with van der Waals surface area (Å²) < 4.78 is 14.5. The number of nitrogens with one attached hydrogen (secondary N) is 1. The second-order valence-corrected chi connectivity index (χ2v) is 5.61. The van der Waals surface area contributed by atoms with E-state index in [-0.39, 0.29) is 5.82 Å². The van der Waals surface area contributed by atoms with E-state index >= 15 is 0 Å². The predicted molar refractivity (Wildman–Crippen MR) is 97.5 cm³/mol. The molecule has 5 heteroatoms. The second-order valence-electron chi connectivity index (χ2n) is 5.61. The lowest BCUT2D eigenvalue weighted by molar-refractivity contribution is 0.630. The van der Waals surface area contributed by atoms with E-state index in [1.807, 2.05) is 63.2 Å². The molecular weight excluding hydrogens is 291 g/mol. The lowest BCUT2D eigenvalue weighted by Crippen LogP contribution is -2.24. The van der Waals surface area contributed by atoms with Crippen LogP contribution in [-0.2, 0) is 0 Å². The first-order valence-electron chi connectivity index (χ1n) is 7.84. The molecule has 23 heavy (non-hydrogen) atoms. The van der Waals surface area contributed by atoms with Gasteiger partial charge in [0, 0.05) is 32.9 Å². The van der Waals surface area contributed by atoms with Crippen molar-refractivity contribution < 1.29 is 4.39 Å². The minimum Gasteiger partial charge on any atom is -0.378 e. The molecule has 2 aromatic carbocycles. The standard InChI is InChI=1S/C18H25FN4/c1-5-23(6-2)17-12-14(11-16(19)18(17)21-20)13-7-9-15(10-8-13)22(3)4/h7-12,21H,5-6,20H2,1-4H3. The first-order chi connectivity index (χ1) is 11.0. The van der Waals surface area contributed by atoms with Gasteiger partial charge in [0.15, 0.2) is 0 Å². The van der Waals surface area contributed by atoms with E-state index in [2.05, 4.69) is 10.3 Å². The van der Waals surface area contributed by atoms with E-state index in [9.17, 15) is 4.39 Å². The van der Waals surface area contributed by atoms with Crippen molar-refractivity contribution in [3.05, 3.63) is 42.2 Å². The Labute approximate surface area is 137 Å². The average Bonchev–Trinajstić information content (AvgIpc) is 2.55. The summed E-state index contributed by atoms with van der Waals surface area (Å²) in [5, 5.41) is 0. The summed E-state index contributed by atoms with van der Waals surface area (Å²) in [6.07, 6.45) is 0. The Morgan fingerprint density at radius 3 is 2.09 bits per heavy atom. The van der Waals surface area contributed by atoms with Crippen molar-refractivity contribution in [1.29, 1.82) is 0 Å². The average molecular weight is 316 g/mol. The van der Waals surface area contributed by atoms with E-state index < -0.39 is 0 Å². The Balaban J connectivity index is 2.51.